The summed E-state index contributed by atoms with van der Waals surface area (Å²) in [6.45, 7) is 0.00884. The van der Waals surface area contributed by atoms with Crippen molar-refractivity contribution < 1.29 is 9.84 Å². The summed E-state index contributed by atoms with van der Waals surface area (Å²) in [7, 11) is 3.75. The third-order valence-corrected chi connectivity index (χ3v) is 5.39. The number of nitrogens with zero attached hydrogens (tertiary/aromatic N) is 1. The van der Waals surface area contributed by atoms with Crippen LogP contribution in [0.4, 0.5) is 11.4 Å². The highest BCUT2D eigenvalue weighted by Crippen LogP contribution is 2.36. The molecule has 150 valence electrons. The Morgan fingerprint density at radius 2 is 1.23 bits per heavy atom. The number of hydrogen-bond donors (Lipinski definition) is 1. The molecule has 0 unspecified atom stereocenters. The number of rotatable bonds is 6. The van der Waals surface area contributed by atoms with E-state index in [1.807, 2.05) is 54.6 Å². The van der Waals surface area contributed by atoms with Crippen molar-refractivity contribution >= 4 is 11.4 Å². The standard InChI is InChI=1S/C27H25NO2/c1-28(23-14-13-22(19-29)25(17-23)20-9-5-3-6-10-20)24-15-16-27(30-2)26(18-24)21-11-7-4-8-12-21/h3-18,29H,19H2,1-2H3. The van der Waals surface area contributed by atoms with Gasteiger partial charge in [0.2, 0.25) is 0 Å². The third-order valence-electron chi connectivity index (χ3n) is 5.39. The number of ether oxygens (including phenoxy) is 1. The van der Waals surface area contributed by atoms with Gasteiger partial charge in [0.25, 0.3) is 0 Å². The second-order valence-electron chi connectivity index (χ2n) is 7.18. The SMILES string of the molecule is COc1ccc(N(C)c2ccc(CO)c(-c3ccccc3)c2)cc1-c1ccccc1. The van der Waals surface area contributed by atoms with E-state index >= 15 is 0 Å². The zero-order valence-electron chi connectivity index (χ0n) is 17.2. The molecule has 0 aliphatic carbocycles. The lowest BCUT2D eigenvalue weighted by atomic mass is 9.98. The van der Waals surface area contributed by atoms with E-state index in [1.54, 1.807) is 7.11 Å². The minimum absolute atomic E-state index is 0.00884. The molecule has 4 aromatic rings. The third kappa shape index (κ3) is 3.93. The highest BCUT2D eigenvalue weighted by Gasteiger charge is 2.13. The van der Waals surface area contributed by atoms with Crippen LogP contribution in [0.25, 0.3) is 22.3 Å². The summed E-state index contributed by atoms with van der Waals surface area (Å²) in [6.07, 6.45) is 0. The molecule has 1 N–H and O–H groups in total. The van der Waals surface area contributed by atoms with Gasteiger partial charge in [-0.15, -0.1) is 0 Å². The summed E-state index contributed by atoms with van der Waals surface area (Å²) >= 11 is 0. The summed E-state index contributed by atoms with van der Waals surface area (Å²) in [4.78, 5) is 2.15. The first-order chi connectivity index (χ1) is 14.7. The largest absolute Gasteiger partial charge is 0.496 e. The lowest BCUT2D eigenvalue weighted by Gasteiger charge is -2.23. The number of hydrogen-bond acceptors (Lipinski definition) is 3. The lowest BCUT2D eigenvalue weighted by Crippen LogP contribution is -2.10. The van der Waals surface area contributed by atoms with Crippen LogP contribution in [0.3, 0.4) is 0 Å². The molecule has 3 heteroatoms. The van der Waals surface area contributed by atoms with Gasteiger partial charge in [0.15, 0.2) is 0 Å². The number of benzene rings is 4. The zero-order valence-corrected chi connectivity index (χ0v) is 17.2. The van der Waals surface area contributed by atoms with Crippen LogP contribution >= 0.6 is 0 Å². The fourth-order valence-corrected chi connectivity index (χ4v) is 3.69. The zero-order chi connectivity index (χ0) is 20.9. The van der Waals surface area contributed by atoms with Gasteiger partial charge in [0.1, 0.15) is 5.75 Å². The fourth-order valence-electron chi connectivity index (χ4n) is 3.69. The van der Waals surface area contributed by atoms with Crippen LogP contribution < -0.4 is 9.64 Å². The van der Waals surface area contributed by atoms with Gasteiger partial charge in [0, 0.05) is 24.0 Å². The maximum absolute atomic E-state index is 9.82. The maximum Gasteiger partial charge on any atom is 0.126 e. The van der Waals surface area contributed by atoms with E-state index < -0.39 is 0 Å². The number of methoxy groups -OCH3 is 1. The normalized spacial score (nSPS) is 10.6. The molecule has 0 aliphatic heterocycles. The Hall–Kier alpha value is -3.56. The van der Waals surface area contributed by atoms with Crippen molar-refractivity contribution in [2.24, 2.45) is 0 Å². The highest BCUT2D eigenvalue weighted by atomic mass is 16.5. The Morgan fingerprint density at radius 1 is 0.700 bits per heavy atom. The maximum atomic E-state index is 9.82. The second kappa shape index (κ2) is 8.85. The van der Waals surface area contributed by atoms with E-state index in [0.717, 1.165) is 44.9 Å². The first-order valence-corrected chi connectivity index (χ1v) is 9.97. The predicted octanol–water partition coefficient (Wildman–Crippen LogP) is 6.29. The van der Waals surface area contributed by atoms with Crippen LogP contribution in [0.5, 0.6) is 5.75 Å². The molecular weight excluding hydrogens is 370 g/mol. The summed E-state index contributed by atoms with van der Waals surface area (Å²) < 4.78 is 5.60. The predicted molar refractivity (Wildman–Crippen MR) is 124 cm³/mol. The molecule has 0 amide bonds. The number of aliphatic hydroxyl groups excluding tert-OH is 1. The summed E-state index contributed by atoms with van der Waals surface area (Å²) in [5.41, 5.74) is 7.33. The molecule has 30 heavy (non-hydrogen) atoms. The van der Waals surface area contributed by atoms with Crippen molar-refractivity contribution in [2.45, 2.75) is 6.61 Å². The summed E-state index contributed by atoms with van der Waals surface area (Å²) in [6, 6.07) is 32.8. The molecule has 0 spiro atoms. The van der Waals surface area contributed by atoms with Crippen LogP contribution in [0.1, 0.15) is 5.56 Å². The molecule has 0 atom stereocenters. The highest BCUT2D eigenvalue weighted by molar-refractivity contribution is 5.79. The first kappa shape index (κ1) is 19.7. The van der Waals surface area contributed by atoms with Crippen LogP contribution in [-0.2, 0) is 6.61 Å². The summed E-state index contributed by atoms with van der Waals surface area (Å²) in [5, 5.41) is 9.82. The average molecular weight is 396 g/mol. The summed E-state index contributed by atoms with van der Waals surface area (Å²) in [5.74, 6) is 0.846. The lowest BCUT2D eigenvalue weighted by molar-refractivity contribution is 0.282. The van der Waals surface area contributed by atoms with Gasteiger partial charge in [-0.25, -0.2) is 0 Å². The number of aliphatic hydroxyl groups is 1. The molecule has 0 heterocycles. The second-order valence-corrected chi connectivity index (χ2v) is 7.18. The topological polar surface area (TPSA) is 32.7 Å². The van der Waals surface area contributed by atoms with E-state index in [1.165, 1.54) is 0 Å². The molecule has 0 bridgehead atoms. The van der Waals surface area contributed by atoms with Gasteiger partial charge in [-0.2, -0.15) is 0 Å². The van der Waals surface area contributed by atoms with Crippen molar-refractivity contribution in [3.63, 3.8) is 0 Å². The van der Waals surface area contributed by atoms with Crippen molar-refractivity contribution in [3.05, 3.63) is 103 Å². The van der Waals surface area contributed by atoms with E-state index in [-0.39, 0.29) is 6.61 Å². The van der Waals surface area contributed by atoms with Gasteiger partial charge in [0.05, 0.1) is 13.7 Å². The van der Waals surface area contributed by atoms with E-state index in [9.17, 15) is 5.11 Å². The number of anilines is 2. The molecule has 0 radical (unpaired) electrons. The van der Waals surface area contributed by atoms with Gasteiger partial charge >= 0.3 is 0 Å². The van der Waals surface area contributed by atoms with Crippen LogP contribution in [0, 0.1) is 0 Å². The molecule has 0 fully saturated rings. The van der Waals surface area contributed by atoms with Gasteiger partial charge < -0.3 is 14.7 Å². The monoisotopic (exact) mass is 395 g/mol. The Kier molecular flexibility index (Phi) is 5.82. The quantitative estimate of drug-likeness (QED) is 0.416. The van der Waals surface area contributed by atoms with Gasteiger partial charge in [-0.05, 0) is 52.6 Å². The molecule has 0 aromatic heterocycles. The van der Waals surface area contributed by atoms with E-state index in [4.69, 9.17) is 4.74 Å². The van der Waals surface area contributed by atoms with Crippen LogP contribution in [-0.4, -0.2) is 19.3 Å². The molecule has 3 nitrogen and oxygen atoms in total. The Morgan fingerprint density at radius 3 is 1.80 bits per heavy atom. The molecular formula is C27H25NO2. The smallest absolute Gasteiger partial charge is 0.126 e. The van der Waals surface area contributed by atoms with Gasteiger partial charge in [-0.1, -0.05) is 66.7 Å². The van der Waals surface area contributed by atoms with Crippen LogP contribution in [0.2, 0.25) is 0 Å². The van der Waals surface area contributed by atoms with Crippen molar-refractivity contribution in [1.82, 2.24) is 0 Å². The Labute approximate surface area is 177 Å². The Bertz CT molecular complexity index is 1030. The van der Waals surface area contributed by atoms with Crippen molar-refractivity contribution in [3.8, 4) is 28.0 Å². The van der Waals surface area contributed by atoms with Crippen molar-refractivity contribution in [2.75, 3.05) is 19.1 Å². The van der Waals surface area contributed by atoms with E-state index in [2.05, 4.69) is 54.4 Å². The minimum Gasteiger partial charge on any atom is -0.496 e. The minimum atomic E-state index is 0.00884. The van der Waals surface area contributed by atoms with E-state index in [0.29, 0.717) is 0 Å². The van der Waals surface area contributed by atoms with Crippen molar-refractivity contribution in [1.29, 1.82) is 0 Å². The first-order valence-electron chi connectivity index (χ1n) is 9.97. The Balaban J connectivity index is 1.76. The molecule has 4 rings (SSSR count). The molecule has 0 saturated heterocycles. The fraction of sp³-hybridized carbons (Fsp3) is 0.111. The molecule has 0 saturated carbocycles. The van der Waals surface area contributed by atoms with Crippen LogP contribution in [0.15, 0.2) is 97.1 Å². The van der Waals surface area contributed by atoms with Gasteiger partial charge in [-0.3, -0.25) is 0 Å². The average Bonchev–Trinajstić information content (AvgIpc) is 2.84. The molecule has 0 aliphatic rings. The molecule has 4 aromatic carbocycles.